The first kappa shape index (κ1) is 13.6. The van der Waals surface area contributed by atoms with Gasteiger partial charge in [-0.1, -0.05) is 42.5 Å². The molecule has 0 unspecified atom stereocenters. The van der Waals surface area contributed by atoms with Crippen LogP contribution < -0.4 is 0 Å². The molecule has 3 aromatic rings. The van der Waals surface area contributed by atoms with Crippen LogP contribution in [0.3, 0.4) is 0 Å². The van der Waals surface area contributed by atoms with E-state index in [1.165, 1.54) is 33.4 Å². The Labute approximate surface area is 126 Å². The first-order chi connectivity index (χ1) is 10.1. The number of nitrogens with zero attached hydrogens (tertiary/aromatic N) is 1. The Kier molecular flexibility index (Phi) is 3.57. The van der Waals surface area contributed by atoms with Gasteiger partial charge in [0.15, 0.2) is 0 Å². The summed E-state index contributed by atoms with van der Waals surface area (Å²) in [5.41, 5.74) is 8.51. The molecule has 0 saturated heterocycles. The smallest absolute Gasteiger partial charge is 0.0705 e. The highest BCUT2D eigenvalue weighted by Crippen LogP contribution is 2.27. The van der Waals surface area contributed by atoms with Gasteiger partial charge in [-0.25, -0.2) is 0 Å². The second-order valence-corrected chi connectivity index (χ2v) is 5.55. The second kappa shape index (κ2) is 5.53. The van der Waals surface area contributed by atoms with Crippen LogP contribution in [0.25, 0.3) is 22.4 Å². The van der Waals surface area contributed by atoms with Gasteiger partial charge in [0.1, 0.15) is 0 Å². The molecule has 1 aromatic heterocycles. The highest BCUT2D eigenvalue weighted by molar-refractivity contribution is 5.70. The normalized spacial score (nSPS) is 10.6. The Balaban J connectivity index is 2.03. The van der Waals surface area contributed by atoms with Crippen LogP contribution >= 0.6 is 0 Å². The van der Waals surface area contributed by atoms with E-state index in [0.29, 0.717) is 0 Å². The van der Waals surface area contributed by atoms with E-state index in [1.807, 2.05) is 12.3 Å². The maximum atomic E-state index is 4.66. The zero-order chi connectivity index (χ0) is 14.8. The van der Waals surface area contributed by atoms with Gasteiger partial charge >= 0.3 is 0 Å². The van der Waals surface area contributed by atoms with Gasteiger partial charge in [0.2, 0.25) is 0 Å². The summed E-state index contributed by atoms with van der Waals surface area (Å²) in [4.78, 5) is 4.66. The van der Waals surface area contributed by atoms with Crippen molar-refractivity contribution in [2.45, 2.75) is 20.8 Å². The third-order valence-electron chi connectivity index (χ3n) is 4.00. The van der Waals surface area contributed by atoms with E-state index in [9.17, 15) is 0 Å². The summed E-state index contributed by atoms with van der Waals surface area (Å²) in [5.74, 6) is 0. The molecule has 0 aliphatic heterocycles. The molecule has 0 saturated carbocycles. The maximum Gasteiger partial charge on any atom is 0.0705 e. The topological polar surface area (TPSA) is 12.9 Å². The average molecular weight is 273 g/mol. The second-order valence-electron chi connectivity index (χ2n) is 5.55. The number of aromatic nitrogens is 1. The van der Waals surface area contributed by atoms with Gasteiger partial charge in [-0.05, 0) is 55.2 Å². The molecule has 0 spiro atoms. The largest absolute Gasteiger partial charge is 0.256 e. The van der Waals surface area contributed by atoms with Crippen molar-refractivity contribution in [3.63, 3.8) is 0 Å². The molecule has 3 rings (SSSR count). The van der Waals surface area contributed by atoms with Crippen LogP contribution in [0, 0.1) is 20.8 Å². The highest BCUT2D eigenvalue weighted by atomic mass is 14.7. The summed E-state index contributed by atoms with van der Waals surface area (Å²) >= 11 is 0. The predicted molar refractivity (Wildman–Crippen MR) is 89.3 cm³/mol. The number of benzene rings is 2. The third kappa shape index (κ3) is 2.73. The lowest BCUT2D eigenvalue weighted by molar-refractivity contribution is 1.27. The molecule has 1 heterocycles. The van der Waals surface area contributed by atoms with Crippen molar-refractivity contribution in [1.82, 2.24) is 4.98 Å². The van der Waals surface area contributed by atoms with E-state index in [4.69, 9.17) is 0 Å². The Morgan fingerprint density at radius 3 is 2.10 bits per heavy atom. The molecule has 0 aliphatic carbocycles. The van der Waals surface area contributed by atoms with Crippen molar-refractivity contribution in [3.05, 3.63) is 77.5 Å². The van der Waals surface area contributed by atoms with Crippen LogP contribution in [-0.2, 0) is 0 Å². The van der Waals surface area contributed by atoms with Crippen LogP contribution in [0.1, 0.15) is 16.7 Å². The van der Waals surface area contributed by atoms with E-state index in [1.54, 1.807) is 0 Å². The molecule has 21 heavy (non-hydrogen) atoms. The number of hydrogen-bond donors (Lipinski definition) is 0. The Hall–Kier alpha value is -2.41. The average Bonchev–Trinajstić information content (AvgIpc) is 2.51. The van der Waals surface area contributed by atoms with Crippen LogP contribution in [0.4, 0.5) is 0 Å². The molecule has 104 valence electrons. The van der Waals surface area contributed by atoms with Gasteiger partial charge in [-0.3, -0.25) is 4.98 Å². The van der Waals surface area contributed by atoms with Gasteiger partial charge in [0.05, 0.1) is 5.69 Å². The molecular weight excluding hydrogens is 254 g/mol. The SMILES string of the molecule is Cc1ccc(-c2cc(C)c(-c3ccccc3)cn2)cc1C. The molecule has 0 fully saturated rings. The third-order valence-corrected chi connectivity index (χ3v) is 4.00. The van der Waals surface area contributed by atoms with Gasteiger partial charge in [-0.2, -0.15) is 0 Å². The summed E-state index contributed by atoms with van der Waals surface area (Å²) in [7, 11) is 0. The lowest BCUT2D eigenvalue weighted by atomic mass is 9.99. The fourth-order valence-electron chi connectivity index (χ4n) is 2.53. The van der Waals surface area contributed by atoms with Crippen molar-refractivity contribution in [1.29, 1.82) is 0 Å². The fraction of sp³-hybridized carbons (Fsp3) is 0.150. The molecular formula is C20H19N. The summed E-state index contributed by atoms with van der Waals surface area (Å²) in [6.45, 7) is 6.43. The maximum absolute atomic E-state index is 4.66. The molecule has 0 N–H and O–H groups in total. The zero-order valence-corrected chi connectivity index (χ0v) is 12.7. The van der Waals surface area contributed by atoms with Gasteiger partial charge < -0.3 is 0 Å². The monoisotopic (exact) mass is 273 g/mol. The van der Waals surface area contributed by atoms with Crippen molar-refractivity contribution < 1.29 is 0 Å². The molecule has 0 radical (unpaired) electrons. The number of aryl methyl sites for hydroxylation is 3. The van der Waals surface area contributed by atoms with Crippen LogP contribution in [0.5, 0.6) is 0 Å². The minimum Gasteiger partial charge on any atom is -0.256 e. The van der Waals surface area contributed by atoms with E-state index >= 15 is 0 Å². The summed E-state index contributed by atoms with van der Waals surface area (Å²) in [6, 6.07) is 19.1. The van der Waals surface area contributed by atoms with E-state index in [0.717, 1.165) is 5.69 Å². The van der Waals surface area contributed by atoms with E-state index in [2.05, 4.69) is 74.3 Å². The molecule has 0 aliphatic rings. The van der Waals surface area contributed by atoms with Crippen molar-refractivity contribution in [2.24, 2.45) is 0 Å². The Bertz CT molecular complexity index is 773. The molecule has 0 amide bonds. The van der Waals surface area contributed by atoms with Crippen LogP contribution in [0.15, 0.2) is 60.8 Å². The molecule has 1 nitrogen and oxygen atoms in total. The Morgan fingerprint density at radius 2 is 1.43 bits per heavy atom. The number of rotatable bonds is 2. The fourth-order valence-corrected chi connectivity index (χ4v) is 2.53. The quantitative estimate of drug-likeness (QED) is 0.614. The lowest BCUT2D eigenvalue weighted by Crippen LogP contribution is -1.90. The van der Waals surface area contributed by atoms with Gasteiger partial charge in [-0.15, -0.1) is 0 Å². The minimum absolute atomic E-state index is 1.04. The number of pyridine rings is 1. The Morgan fingerprint density at radius 1 is 0.667 bits per heavy atom. The van der Waals surface area contributed by atoms with Crippen molar-refractivity contribution >= 4 is 0 Å². The first-order valence-corrected chi connectivity index (χ1v) is 7.25. The van der Waals surface area contributed by atoms with Gasteiger partial charge in [0, 0.05) is 17.3 Å². The van der Waals surface area contributed by atoms with Crippen molar-refractivity contribution in [2.75, 3.05) is 0 Å². The summed E-state index contributed by atoms with van der Waals surface area (Å²) in [6.07, 6.45) is 1.98. The molecule has 0 bridgehead atoms. The van der Waals surface area contributed by atoms with E-state index in [-0.39, 0.29) is 0 Å². The number of hydrogen-bond acceptors (Lipinski definition) is 1. The zero-order valence-electron chi connectivity index (χ0n) is 12.7. The van der Waals surface area contributed by atoms with Crippen LogP contribution in [-0.4, -0.2) is 4.98 Å². The van der Waals surface area contributed by atoms with E-state index < -0.39 is 0 Å². The predicted octanol–water partition coefficient (Wildman–Crippen LogP) is 5.34. The standard InChI is InChI=1S/C20H19N/c1-14-9-10-18(11-15(14)2)20-12-16(3)19(13-21-20)17-7-5-4-6-8-17/h4-13H,1-3H3. The lowest BCUT2D eigenvalue weighted by Gasteiger charge is -2.09. The first-order valence-electron chi connectivity index (χ1n) is 7.25. The summed E-state index contributed by atoms with van der Waals surface area (Å²) in [5, 5.41) is 0. The molecule has 2 aromatic carbocycles. The molecule has 0 atom stereocenters. The van der Waals surface area contributed by atoms with Gasteiger partial charge in [0.25, 0.3) is 0 Å². The highest BCUT2D eigenvalue weighted by Gasteiger charge is 2.06. The minimum atomic E-state index is 1.04. The van der Waals surface area contributed by atoms with Crippen molar-refractivity contribution in [3.8, 4) is 22.4 Å². The molecule has 1 heteroatoms. The van der Waals surface area contributed by atoms with Crippen LogP contribution in [0.2, 0.25) is 0 Å². The summed E-state index contributed by atoms with van der Waals surface area (Å²) < 4.78 is 0.